The lowest BCUT2D eigenvalue weighted by atomic mass is 9.77. The van der Waals surface area contributed by atoms with Crippen LogP contribution in [0.2, 0.25) is 0 Å². The summed E-state index contributed by atoms with van der Waals surface area (Å²) in [6.45, 7) is 9.34. The molecular formula is C32H65Br. The highest BCUT2D eigenvalue weighted by atomic mass is 79.9. The van der Waals surface area contributed by atoms with Gasteiger partial charge in [-0.3, -0.25) is 0 Å². The smallest absolute Gasteiger partial charge is 0.0286 e. The summed E-state index contributed by atoms with van der Waals surface area (Å²) in [7, 11) is 0. The first-order chi connectivity index (χ1) is 16.1. The molecule has 1 heteroatoms. The van der Waals surface area contributed by atoms with Crippen LogP contribution in [0.4, 0.5) is 0 Å². The van der Waals surface area contributed by atoms with Gasteiger partial charge in [0.25, 0.3) is 0 Å². The fourth-order valence-electron chi connectivity index (χ4n) is 5.58. The van der Waals surface area contributed by atoms with Crippen LogP contribution in [0.25, 0.3) is 0 Å². The molecule has 0 fully saturated rings. The molecule has 0 aromatic rings. The van der Waals surface area contributed by atoms with Crippen LogP contribution >= 0.6 is 15.9 Å². The minimum absolute atomic E-state index is 0.417. The largest absolute Gasteiger partial charge is 0.0850 e. The molecule has 0 saturated carbocycles. The van der Waals surface area contributed by atoms with Gasteiger partial charge in [0.2, 0.25) is 0 Å². The molecule has 1 unspecified atom stereocenters. The average Bonchev–Trinajstić information content (AvgIpc) is 2.82. The minimum atomic E-state index is 0.417. The third-order valence-electron chi connectivity index (χ3n) is 7.94. The maximum absolute atomic E-state index is 4.45. The van der Waals surface area contributed by atoms with Gasteiger partial charge in [-0.1, -0.05) is 185 Å². The van der Waals surface area contributed by atoms with Crippen LogP contribution in [0, 0.1) is 5.92 Å². The van der Waals surface area contributed by atoms with Crippen molar-refractivity contribution in [3.8, 4) is 0 Å². The van der Waals surface area contributed by atoms with E-state index in [0.29, 0.717) is 4.32 Å². The molecule has 33 heavy (non-hydrogen) atoms. The second kappa shape index (κ2) is 25.6. The highest BCUT2D eigenvalue weighted by Crippen LogP contribution is 2.43. The van der Waals surface area contributed by atoms with E-state index in [9.17, 15) is 0 Å². The number of hydrogen-bond acceptors (Lipinski definition) is 0. The van der Waals surface area contributed by atoms with Gasteiger partial charge in [0, 0.05) is 4.32 Å². The second-order valence-corrected chi connectivity index (χ2v) is 12.8. The van der Waals surface area contributed by atoms with Gasteiger partial charge < -0.3 is 0 Å². The summed E-state index contributed by atoms with van der Waals surface area (Å²) in [4.78, 5) is 0. The van der Waals surface area contributed by atoms with E-state index in [4.69, 9.17) is 0 Å². The Morgan fingerprint density at radius 2 is 0.667 bits per heavy atom. The molecule has 0 aliphatic heterocycles. The van der Waals surface area contributed by atoms with Crippen LogP contribution < -0.4 is 0 Å². The molecule has 0 saturated heterocycles. The van der Waals surface area contributed by atoms with E-state index >= 15 is 0 Å². The predicted molar refractivity (Wildman–Crippen MR) is 158 cm³/mol. The molecule has 0 aromatic carbocycles. The van der Waals surface area contributed by atoms with E-state index < -0.39 is 0 Å². The van der Waals surface area contributed by atoms with Gasteiger partial charge in [-0.05, 0) is 31.6 Å². The monoisotopic (exact) mass is 528 g/mol. The van der Waals surface area contributed by atoms with E-state index in [1.807, 2.05) is 0 Å². The summed E-state index contributed by atoms with van der Waals surface area (Å²) in [6.07, 6.45) is 37.2. The van der Waals surface area contributed by atoms with Crippen LogP contribution in [0.1, 0.15) is 195 Å². The number of unbranched alkanes of at least 4 members (excludes halogenated alkanes) is 18. The Balaban J connectivity index is 4.62. The van der Waals surface area contributed by atoms with Crippen molar-refractivity contribution in [1.29, 1.82) is 0 Å². The van der Waals surface area contributed by atoms with Crippen LogP contribution in [0.3, 0.4) is 0 Å². The lowest BCUT2D eigenvalue weighted by Gasteiger charge is -2.37. The molecule has 0 aromatic heterocycles. The van der Waals surface area contributed by atoms with Crippen molar-refractivity contribution in [3.05, 3.63) is 0 Å². The van der Waals surface area contributed by atoms with Crippen molar-refractivity contribution in [2.75, 3.05) is 0 Å². The van der Waals surface area contributed by atoms with Crippen molar-refractivity contribution >= 4 is 15.9 Å². The Bertz CT molecular complexity index is 352. The molecule has 0 spiro atoms. The summed E-state index contributed by atoms with van der Waals surface area (Å²) < 4.78 is 0.417. The summed E-state index contributed by atoms with van der Waals surface area (Å²) in [5, 5.41) is 0. The first-order valence-corrected chi connectivity index (χ1v) is 16.6. The maximum atomic E-state index is 4.45. The van der Waals surface area contributed by atoms with Crippen molar-refractivity contribution in [2.45, 2.75) is 199 Å². The van der Waals surface area contributed by atoms with Crippen LogP contribution in [-0.2, 0) is 0 Å². The van der Waals surface area contributed by atoms with E-state index in [1.165, 1.54) is 167 Å². The van der Waals surface area contributed by atoms with Gasteiger partial charge >= 0.3 is 0 Å². The zero-order valence-corrected chi connectivity index (χ0v) is 25.4. The summed E-state index contributed by atoms with van der Waals surface area (Å²) in [5.74, 6) is 0.895. The van der Waals surface area contributed by atoms with E-state index in [0.717, 1.165) is 5.92 Å². The van der Waals surface area contributed by atoms with Gasteiger partial charge in [0.15, 0.2) is 0 Å². The van der Waals surface area contributed by atoms with Crippen LogP contribution in [0.15, 0.2) is 0 Å². The van der Waals surface area contributed by atoms with Gasteiger partial charge in [-0.2, -0.15) is 0 Å². The second-order valence-electron chi connectivity index (χ2n) is 11.2. The molecular weight excluding hydrogens is 464 g/mol. The number of rotatable bonds is 27. The molecule has 0 aliphatic rings. The van der Waals surface area contributed by atoms with Crippen molar-refractivity contribution in [3.63, 3.8) is 0 Å². The van der Waals surface area contributed by atoms with Crippen LogP contribution in [-0.4, -0.2) is 4.32 Å². The number of hydrogen-bond donors (Lipinski definition) is 0. The third-order valence-corrected chi connectivity index (χ3v) is 9.38. The fourth-order valence-corrected chi connectivity index (χ4v) is 6.60. The molecule has 0 radical (unpaired) electrons. The normalized spacial score (nSPS) is 13.0. The van der Waals surface area contributed by atoms with Crippen molar-refractivity contribution in [1.82, 2.24) is 0 Å². The molecule has 0 heterocycles. The van der Waals surface area contributed by atoms with Crippen molar-refractivity contribution in [2.24, 2.45) is 5.92 Å². The quantitative estimate of drug-likeness (QED) is 0.0733. The summed E-state index contributed by atoms with van der Waals surface area (Å²) in [6, 6.07) is 0. The lowest BCUT2D eigenvalue weighted by Crippen LogP contribution is -2.32. The van der Waals surface area contributed by atoms with Gasteiger partial charge in [-0.25, -0.2) is 0 Å². The Kier molecular flexibility index (Phi) is 25.9. The Morgan fingerprint density at radius 3 is 1.03 bits per heavy atom. The van der Waals surface area contributed by atoms with Gasteiger partial charge in [-0.15, -0.1) is 0 Å². The Labute approximate surface area is 220 Å². The predicted octanol–water partition coefficient (Wildman–Crippen LogP) is 13.0. The zero-order chi connectivity index (χ0) is 24.5. The molecule has 0 aliphatic carbocycles. The molecule has 1 atom stereocenters. The summed E-state index contributed by atoms with van der Waals surface area (Å²) in [5.41, 5.74) is 0. The molecule has 200 valence electrons. The molecule has 0 N–H and O–H groups in total. The Morgan fingerprint density at radius 1 is 0.394 bits per heavy atom. The lowest BCUT2D eigenvalue weighted by molar-refractivity contribution is 0.277. The van der Waals surface area contributed by atoms with Gasteiger partial charge in [0.1, 0.15) is 0 Å². The topological polar surface area (TPSA) is 0 Å². The molecule has 0 bridgehead atoms. The summed E-state index contributed by atoms with van der Waals surface area (Å²) >= 11 is 4.45. The van der Waals surface area contributed by atoms with E-state index in [1.54, 1.807) is 0 Å². The van der Waals surface area contributed by atoms with Crippen LogP contribution in [0.5, 0.6) is 0 Å². The SMILES string of the molecule is CCCCCCCCCCCCC(CCCCCC)C(Br)(CCCCCC)CCCCCC. The first kappa shape index (κ1) is 33.5. The van der Waals surface area contributed by atoms with E-state index in [2.05, 4.69) is 43.6 Å². The van der Waals surface area contributed by atoms with E-state index in [-0.39, 0.29) is 0 Å². The average molecular weight is 530 g/mol. The first-order valence-electron chi connectivity index (χ1n) is 15.8. The third kappa shape index (κ3) is 20.4. The van der Waals surface area contributed by atoms with Gasteiger partial charge in [0.05, 0.1) is 0 Å². The molecule has 0 nitrogen and oxygen atoms in total. The molecule has 0 amide bonds. The zero-order valence-electron chi connectivity index (χ0n) is 23.8. The fraction of sp³-hybridized carbons (Fsp3) is 1.00. The highest BCUT2D eigenvalue weighted by Gasteiger charge is 2.34. The Hall–Kier alpha value is 0.480. The minimum Gasteiger partial charge on any atom is -0.0850 e. The maximum Gasteiger partial charge on any atom is 0.0286 e. The standard InChI is InChI=1S/C32H65Br/c1-5-9-13-17-18-19-20-21-22-24-28-31(27-23-14-10-6-2)32(33,29-25-15-11-7-3)30-26-16-12-8-4/h31H,5-30H2,1-4H3. The number of alkyl halides is 1. The number of halogens is 1. The molecule has 0 rings (SSSR count). The highest BCUT2D eigenvalue weighted by molar-refractivity contribution is 9.10. The van der Waals surface area contributed by atoms with Crippen molar-refractivity contribution < 1.29 is 0 Å².